The van der Waals surface area contributed by atoms with Gasteiger partial charge in [0.05, 0.1) is 0 Å². The first-order chi connectivity index (χ1) is 11.0. The largest absolute Gasteiger partial charge is 0.356 e. The highest BCUT2D eigenvalue weighted by Crippen LogP contribution is 2.18. The number of rotatable bonds is 6. The van der Waals surface area contributed by atoms with Crippen molar-refractivity contribution in [3.63, 3.8) is 0 Å². The smallest absolute Gasteiger partial charge is 0.152 e. The van der Waals surface area contributed by atoms with Gasteiger partial charge in [0.25, 0.3) is 0 Å². The number of hydrogen-bond donors (Lipinski definition) is 1. The second-order valence-corrected chi connectivity index (χ2v) is 5.26. The Bertz CT molecular complexity index is 673. The molecule has 0 aliphatic carbocycles. The lowest BCUT2D eigenvalue weighted by molar-refractivity contribution is -0.113. The highest BCUT2D eigenvalue weighted by atomic mass is 16.1. The Hall–Kier alpha value is -2.94. The minimum Gasteiger partial charge on any atom is -0.356 e. The van der Waals surface area contributed by atoms with E-state index in [1.807, 2.05) is 48.5 Å². The Labute approximate surface area is 136 Å². The van der Waals surface area contributed by atoms with Gasteiger partial charge in [-0.2, -0.15) is 0 Å². The van der Waals surface area contributed by atoms with Crippen LogP contribution in [0, 0.1) is 0 Å². The second kappa shape index (κ2) is 7.90. The highest BCUT2D eigenvalue weighted by molar-refractivity contribution is 5.92. The fourth-order valence-corrected chi connectivity index (χ4v) is 1.95. The van der Waals surface area contributed by atoms with Crippen LogP contribution in [-0.2, 0) is 9.59 Å². The van der Waals surface area contributed by atoms with E-state index in [1.54, 1.807) is 24.3 Å². The summed E-state index contributed by atoms with van der Waals surface area (Å²) in [6, 6.07) is 15.6. The molecule has 2 aromatic carbocycles. The van der Waals surface area contributed by atoms with E-state index in [0.717, 1.165) is 22.5 Å². The number of benzene rings is 2. The van der Waals surface area contributed by atoms with E-state index in [2.05, 4.69) is 5.32 Å². The topological polar surface area (TPSA) is 46.2 Å². The van der Waals surface area contributed by atoms with E-state index in [9.17, 15) is 9.59 Å². The maximum absolute atomic E-state index is 10.9. The Morgan fingerprint density at radius 2 is 1.04 bits per heavy atom. The third-order valence-electron chi connectivity index (χ3n) is 3.13. The third-order valence-corrected chi connectivity index (χ3v) is 3.13. The summed E-state index contributed by atoms with van der Waals surface area (Å²) in [5.41, 5.74) is 3.90. The number of nitrogens with one attached hydrogen (secondary N) is 1. The zero-order chi connectivity index (χ0) is 16.7. The van der Waals surface area contributed by atoms with Gasteiger partial charge in [0.2, 0.25) is 0 Å². The van der Waals surface area contributed by atoms with Gasteiger partial charge in [-0.25, -0.2) is 0 Å². The SMILES string of the molecule is CC(=O)/C=C/c1ccc(Nc2ccc(/C=C/C(C)=O)cc2)cc1. The molecule has 0 unspecified atom stereocenters. The molecule has 2 rings (SSSR count). The summed E-state index contributed by atoms with van der Waals surface area (Å²) in [4.78, 5) is 21.8. The molecular formula is C20H19NO2. The zero-order valence-corrected chi connectivity index (χ0v) is 13.2. The second-order valence-electron chi connectivity index (χ2n) is 5.26. The number of hydrogen-bond acceptors (Lipinski definition) is 3. The number of allylic oxidation sites excluding steroid dienone is 2. The number of carbonyl (C=O) groups excluding carboxylic acids is 2. The summed E-state index contributed by atoms with van der Waals surface area (Å²) in [6.07, 6.45) is 6.69. The fraction of sp³-hybridized carbons (Fsp3) is 0.100. The Balaban J connectivity index is 2.01. The molecule has 0 atom stereocenters. The molecule has 0 aliphatic rings. The van der Waals surface area contributed by atoms with Crippen molar-refractivity contribution >= 4 is 35.1 Å². The first-order valence-corrected chi connectivity index (χ1v) is 7.37. The minimum absolute atomic E-state index is 0.0334. The van der Waals surface area contributed by atoms with Crippen LogP contribution in [0.15, 0.2) is 60.7 Å². The molecule has 0 saturated heterocycles. The Kier molecular flexibility index (Phi) is 5.64. The van der Waals surface area contributed by atoms with Crippen LogP contribution in [-0.4, -0.2) is 11.6 Å². The molecule has 0 saturated carbocycles. The van der Waals surface area contributed by atoms with Gasteiger partial charge in [-0.3, -0.25) is 9.59 Å². The summed E-state index contributed by atoms with van der Waals surface area (Å²) in [5.74, 6) is 0.0669. The molecule has 1 N–H and O–H groups in total. The van der Waals surface area contributed by atoms with Crippen LogP contribution < -0.4 is 5.32 Å². The predicted octanol–water partition coefficient (Wildman–Crippen LogP) is 4.63. The lowest BCUT2D eigenvalue weighted by Crippen LogP contribution is -1.90. The van der Waals surface area contributed by atoms with Crippen LogP contribution in [0.5, 0.6) is 0 Å². The average molecular weight is 305 g/mol. The van der Waals surface area contributed by atoms with Crippen molar-refractivity contribution in [2.75, 3.05) is 5.32 Å². The Morgan fingerprint density at radius 1 is 0.696 bits per heavy atom. The first kappa shape index (κ1) is 16.4. The molecule has 3 heteroatoms. The van der Waals surface area contributed by atoms with Crippen LogP contribution in [0.3, 0.4) is 0 Å². The first-order valence-electron chi connectivity index (χ1n) is 7.37. The van der Waals surface area contributed by atoms with Gasteiger partial charge < -0.3 is 5.32 Å². The molecule has 3 nitrogen and oxygen atoms in total. The Morgan fingerprint density at radius 3 is 1.35 bits per heavy atom. The number of anilines is 2. The maximum Gasteiger partial charge on any atom is 0.152 e. The minimum atomic E-state index is 0.0334. The van der Waals surface area contributed by atoms with Crippen molar-refractivity contribution in [2.45, 2.75) is 13.8 Å². The van der Waals surface area contributed by atoms with Gasteiger partial charge in [0.1, 0.15) is 0 Å². The van der Waals surface area contributed by atoms with Crippen molar-refractivity contribution in [1.29, 1.82) is 0 Å². The van der Waals surface area contributed by atoms with E-state index in [-0.39, 0.29) is 11.6 Å². The molecule has 0 heterocycles. The molecule has 0 aromatic heterocycles. The molecule has 0 amide bonds. The van der Waals surface area contributed by atoms with Gasteiger partial charge in [-0.05, 0) is 61.4 Å². The monoisotopic (exact) mass is 305 g/mol. The van der Waals surface area contributed by atoms with E-state index in [0.29, 0.717) is 0 Å². The van der Waals surface area contributed by atoms with E-state index in [4.69, 9.17) is 0 Å². The highest BCUT2D eigenvalue weighted by Gasteiger charge is 1.96. The lowest BCUT2D eigenvalue weighted by Gasteiger charge is -2.07. The number of carbonyl (C=O) groups is 2. The summed E-state index contributed by atoms with van der Waals surface area (Å²) < 4.78 is 0. The molecule has 0 bridgehead atoms. The number of ketones is 2. The van der Waals surface area contributed by atoms with Crippen LogP contribution >= 0.6 is 0 Å². The predicted molar refractivity (Wildman–Crippen MR) is 95.6 cm³/mol. The third kappa shape index (κ3) is 5.75. The summed E-state index contributed by atoms with van der Waals surface area (Å²) in [6.45, 7) is 3.06. The van der Waals surface area contributed by atoms with Gasteiger partial charge in [-0.1, -0.05) is 36.4 Å². The van der Waals surface area contributed by atoms with E-state index in [1.165, 1.54) is 13.8 Å². The zero-order valence-electron chi connectivity index (χ0n) is 13.2. The molecule has 2 aromatic rings. The normalized spacial score (nSPS) is 11.0. The van der Waals surface area contributed by atoms with Crippen LogP contribution in [0.4, 0.5) is 11.4 Å². The average Bonchev–Trinajstić information content (AvgIpc) is 2.53. The van der Waals surface area contributed by atoms with Gasteiger partial charge in [0.15, 0.2) is 11.6 Å². The molecule has 0 radical (unpaired) electrons. The van der Waals surface area contributed by atoms with Crippen molar-refractivity contribution < 1.29 is 9.59 Å². The molecule has 0 spiro atoms. The quantitative estimate of drug-likeness (QED) is 0.791. The van der Waals surface area contributed by atoms with Crippen LogP contribution in [0.2, 0.25) is 0 Å². The van der Waals surface area contributed by atoms with Crippen LogP contribution in [0.25, 0.3) is 12.2 Å². The van der Waals surface area contributed by atoms with Gasteiger partial charge in [0, 0.05) is 11.4 Å². The molecule has 0 fully saturated rings. The molecule has 23 heavy (non-hydrogen) atoms. The van der Waals surface area contributed by atoms with Crippen LogP contribution in [0.1, 0.15) is 25.0 Å². The lowest BCUT2D eigenvalue weighted by atomic mass is 10.1. The van der Waals surface area contributed by atoms with E-state index >= 15 is 0 Å². The summed E-state index contributed by atoms with van der Waals surface area (Å²) >= 11 is 0. The van der Waals surface area contributed by atoms with Gasteiger partial charge >= 0.3 is 0 Å². The molecule has 116 valence electrons. The van der Waals surface area contributed by atoms with Gasteiger partial charge in [-0.15, -0.1) is 0 Å². The van der Waals surface area contributed by atoms with Crippen molar-refractivity contribution in [3.05, 3.63) is 71.8 Å². The van der Waals surface area contributed by atoms with E-state index < -0.39 is 0 Å². The summed E-state index contributed by atoms with van der Waals surface area (Å²) in [5, 5.41) is 3.31. The fourth-order valence-electron chi connectivity index (χ4n) is 1.95. The summed E-state index contributed by atoms with van der Waals surface area (Å²) in [7, 11) is 0. The van der Waals surface area contributed by atoms with Crippen molar-refractivity contribution in [1.82, 2.24) is 0 Å². The van der Waals surface area contributed by atoms with Crippen molar-refractivity contribution in [2.24, 2.45) is 0 Å². The standard InChI is InChI=1S/C20H19NO2/c1-15(22)3-5-17-7-11-19(12-8-17)21-20-13-9-18(10-14-20)6-4-16(2)23/h3-14,21H,1-2H3/b5-3+,6-4+. The van der Waals surface area contributed by atoms with Crippen molar-refractivity contribution in [3.8, 4) is 0 Å². The maximum atomic E-state index is 10.9. The molecule has 0 aliphatic heterocycles. The molecular weight excluding hydrogens is 286 g/mol.